The minimum atomic E-state index is -0.652. The molecule has 0 radical (unpaired) electrons. The predicted octanol–water partition coefficient (Wildman–Crippen LogP) is 0.469. The van der Waals surface area contributed by atoms with Crippen LogP contribution in [0.15, 0.2) is 24.3 Å². The van der Waals surface area contributed by atoms with Gasteiger partial charge in [-0.1, -0.05) is 19.1 Å². The van der Waals surface area contributed by atoms with Crippen LogP contribution in [0.4, 0.5) is 0 Å². The summed E-state index contributed by atoms with van der Waals surface area (Å²) in [5, 5.41) is 5.05. The van der Waals surface area contributed by atoms with Gasteiger partial charge in [0.2, 0.25) is 0 Å². The molecule has 1 aliphatic heterocycles. The zero-order valence-electron chi connectivity index (χ0n) is 11.3. The Bertz CT molecular complexity index is 490. The quantitative estimate of drug-likeness (QED) is 0.785. The normalized spacial score (nSPS) is 16.4. The number of rotatable bonds is 4. The molecule has 2 amide bonds. The average molecular weight is 278 g/mol. The van der Waals surface area contributed by atoms with Crippen molar-refractivity contribution in [3.8, 4) is 11.5 Å². The van der Waals surface area contributed by atoms with Gasteiger partial charge in [-0.15, -0.1) is 0 Å². The second kappa shape index (κ2) is 6.79. The van der Waals surface area contributed by atoms with E-state index in [1.807, 2.05) is 25.1 Å². The van der Waals surface area contributed by atoms with Gasteiger partial charge in [-0.05, 0) is 18.6 Å². The average Bonchev–Trinajstić information content (AvgIpc) is 2.50. The van der Waals surface area contributed by atoms with Gasteiger partial charge >= 0.3 is 11.8 Å². The minimum absolute atomic E-state index is 0.229. The number of carbonyl (C=O) groups is 2. The van der Waals surface area contributed by atoms with Crippen LogP contribution in [-0.2, 0) is 9.59 Å². The van der Waals surface area contributed by atoms with Crippen LogP contribution in [0.5, 0.6) is 11.5 Å². The van der Waals surface area contributed by atoms with Crippen molar-refractivity contribution >= 4 is 11.8 Å². The summed E-state index contributed by atoms with van der Waals surface area (Å²) in [6.45, 7) is 2.98. The van der Waals surface area contributed by atoms with E-state index < -0.39 is 11.8 Å². The molecule has 6 heteroatoms. The van der Waals surface area contributed by atoms with Gasteiger partial charge in [-0.2, -0.15) is 0 Å². The highest BCUT2D eigenvalue weighted by Crippen LogP contribution is 2.30. The number of para-hydroxylation sites is 2. The van der Waals surface area contributed by atoms with E-state index in [2.05, 4.69) is 10.6 Å². The maximum Gasteiger partial charge on any atom is 0.309 e. The third kappa shape index (κ3) is 3.63. The van der Waals surface area contributed by atoms with Crippen molar-refractivity contribution in [1.29, 1.82) is 0 Å². The third-order valence-corrected chi connectivity index (χ3v) is 2.80. The predicted molar refractivity (Wildman–Crippen MR) is 72.7 cm³/mol. The molecule has 0 aromatic heterocycles. The molecule has 1 heterocycles. The van der Waals surface area contributed by atoms with Crippen LogP contribution in [0.2, 0.25) is 0 Å². The lowest BCUT2D eigenvalue weighted by atomic mass is 10.2. The van der Waals surface area contributed by atoms with Crippen molar-refractivity contribution in [1.82, 2.24) is 10.6 Å². The summed E-state index contributed by atoms with van der Waals surface area (Å²) in [5.41, 5.74) is 0. The molecule has 6 nitrogen and oxygen atoms in total. The van der Waals surface area contributed by atoms with Crippen molar-refractivity contribution in [2.24, 2.45) is 0 Å². The molecule has 20 heavy (non-hydrogen) atoms. The molecule has 0 spiro atoms. The summed E-state index contributed by atoms with van der Waals surface area (Å²) in [4.78, 5) is 22.9. The highest BCUT2D eigenvalue weighted by Gasteiger charge is 2.22. The Labute approximate surface area is 117 Å². The van der Waals surface area contributed by atoms with Crippen LogP contribution in [0.3, 0.4) is 0 Å². The highest BCUT2D eigenvalue weighted by atomic mass is 16.6. The van der Waals surface area contributed by atoms with Gasteiger partial charge in [0.15, 0.2) is 11.5 Å². The van der Waals surface area contributed by atoms with E-state index in [9.17, 15) is 9.59 Å². The minimum Gasteiger partial charge on any atom is -0.486 e. The Kier molecular flexibility index (Phi) is 4.81. The van der Waals surface area contributed by atoms with E-state index in [0.29, 0.717) is 24.7 Å². The van der Waals surface area contributed by atoms with Gasteiger partial charge < -0.3 is 20.1 Å². The maximum atomic E-state index is 11.5. The second-order valence-corrected chi connectivity index (χ2v) is 4.46. The maximum absolute atomic E-state index is 11.5. The Hall–Kier alpha value is -2.24. The van der Waals surface area contributed by atoms with Gasteiger partial charge in [0, 0.05) is 6.54 Å². The zero-order valence-corrected chi connectivity index (χ0v) is 11.3. The monoisotopic (exact) mass is 278 g/mol. The first-order valence-corrected chi connectivity index (χ1v) is 6.65. The Morgan fingerprint density at radius 1 is 1.20 bits per heavy atom. The highest BCUT2D eigenvalue weighted by molar-refractivity contribution is 6.35. The van der Waals surface area contributed by atoms with Gasteiger partial charge in [-0.25, -0.2) is 0 Å². The van der Waals surface area contributed by atoms with Crippen molar-refractivity contribution in [2.45, 2.75) is 19.4 Å². The number of fused-ring (bicyclic) bond motifs is 1. The molecular formula is C14H18N2O4. The van der Waals surface area contributed by atoms with Crippen LogP contribution in [0, 0.1) is 0 Å². The molecule has 0 aliphatic carbocycles. The molecule has 0 saturated carbocycles. The summed E-state index contributed by atoms with van der Waals surface area (Å²) in [5.74, 6) is 0.0640. The van der Waals surface area contributed by atoms with E-state index in [1.165, 1.54) is 0 Å². The van der Waals surface area contributed by atoms with Crippen molar-refractivity contribution in [3.63, 3.8) is 0 Å². The number of hydrogen-bond acceptors (Lipinski definition) is 4. The molecule has 1 aromatic carbocycles. The van der Waals surface area contributed by atoms with Gasteiger partial charge in [-0.3, -0.25) is 9.59 Å². The SMILES string of the molecule is CCCNC(=O)C(=O)NCC1COc2ccccc2O1. The molecule has 0 fully saturated rings. The molecule has 108 valence electrons. The standard InChI is InChI=1S/C14H18N2O4/c1-2-7-15-13(17)14(18)16-8-10-9-19-11-5-3-4-6-12(11)20-10/h3-6,10H,2,7-9H2,1H3,(H,15,17)(H,16,18). The first kappa shape index (κ1) is 14.2. The molecule has 1 aliphatic rings. The molecule has 0 saturated heterocycles. The van der Waals surface area contributed by atoms with E-state index in [1.54, 1.807) is 6.07 Å². The number of carbonyl (C=O) groups excluding carboxylic acids is 2. The third-order valence-electron chi connectivity index (χ3n) is 2.80. The first-order valence-electron chi connectivity index (χ1n) is 6.65. The number of benzene rings is 1. The molecule has 0 bridgehead atoms. The fourth-order valence-corrected chi connectivity index (χ4v) is 1.77. The van der Waals surface area contributed by atoms with E-state index in [4.69, 9.17) is 9.47 Å². The number of amides is 2. The smallest absolute Gasteiger partial charge is 0.309 e. The Balaban J connectivity index is 1.78. The lowest BCUT2D eigenvalue weighted by Gasteiger charge is -2.26. The summed E-state index contributed by atoms with van der Waals surface area (Å²) in [6.07, 6.45) is 0.489. The molecular weight excluding hydrogens is 260 g/mol. The first-order chi connectivity index (χ1) is 9.70. The van der Waals surface area contributed by atoms with Crippen LogP contribution in [0.25, 0.3) is 0 Å². The lowest BCUT2D eigenvalue weighted by Crippen LogP contribution is -2.46. The fraction of sp³-hybridized carbons (Fsp3) is 0.429. The molecule has 2 rings (SSSR count). The fourth-order valence-electron chi connectivity index (χ4n) is 1.77. The van der Waals surface area contributed by atoms with Gasteiger partial charge in [0.05, 0.1) is 6.54 Å². The van der Waals surface area contributed by atoms with E-state index in [0.717, 1.165) is 6.42 Å². The summed E-state index contributed by atoms with van der Waals surface area (Å²) >= 11 is 0. The molecule has 2 N–H and O–H groups in total. The van der Waals surface area contributed by atoms with Crippen LogP contribution in [-0.4, -0.2) is 37.6 Å². The van der Waals surface area contributed by atoms with Crippen molar-refractivity contribution < 1.29 is 19.1 Å². The van der Waals surface area contributed by atoms with Crippen LogP contribution < -0.4 is 20.1 Å². The van der Waals surface area contributed by atoms with E-state index >= 15 is 0 Å². The Morgan fingerprint density at radius 2 is 1.90 bits per heavy atom. The summed E-state index contributed by atoms with van der Waals surface area (Å²) < 4.78 is 11.2. The number of hydrogen-bond donors (Lipinski definition) is 2. The zero-order chi connectivity index (χ0) is 14.4. The van der Waals surface area contributed by atoms with Crippen molar-refractivity contribution in [3.05, 3.63) is 24.3 Å². The summed E-state index contributed by atoms with van der Waals surface area (Å²) in [6, 6.07) is 7.34. The van der Waals surface area contributed by atoms with Gasteiger partial charge in [0.1, 0.15) is 12.7 Å². The van der Waals surface area contributed by atoms with Gasteiger partial charge in [0.25, 0.3) is 0 Å². The molecule has 1 atom stereocenters. The number of nitrogens with one attached hydrogen (secondary N) is 2. The summed E-state index contributed by atoms with van der Waals surface area (Å²) in [7, 11) is 0. The molecule has 1 aromatic rings. The van der Waals surface area contributed by atoms with Crippen LogP contribution in [0.1, 0.15) is 13.3 Å². The lowest BCUT2D eigenvalue weighted by molar-refractivity contribution is -0.139. The molecule has 1 unspecified atom stereocenters. The van der Waals surface area contributed by atoms with E-state index in [-0.39, 0.29) is 12.6 Å². The Morgan fingerprint density at radius 3 is 2.65 bits per heavy atom. The second-order valence-electron chi connectivity index (χ2n) is 4.46. The number of ether oxygens (including phenoxy) is 2. The van der Waals surface area contributed by atoms with Crippen LogP contribution >= 0.6 is 0 Å². The topological polar surface area (TPSA) is 76.7 Å². The van der Waals surface area contributed by atoms with Crippen molar-refractivity contribution in [2.75, 3.05) is 19.7 Å². The largest absolute Gasteiger partial charge is 0.486 e.